The van der Waals surface area contributed by atoms with E-state index < -0.39 is 10.0 Å². The first-order chi connectivity index (χ1) is 23.0. The summed E-state index contributed by atoms with van der Waals surface area (Å²) in [5.74, 6) is 0. The molecular weight excluding hydrogens is 593 g/mol. The van der Waals surface area contributed by atoms with Crippen LogP contribution in [-0.2, 0) is 0 Å². The maximum absolute atomic E-state index is 9.60. The van der Waals surface area contributed by atoms with Gasteiger partial charge in [0.2, 0.25) is 0 Å². The lowest BCUT2D eigenvalue weighted by atomic mass is 9.90. The van der Waals surface area contributed by atoms with E-state index in [1.165, 1.54) is 74.5 Å². The molecule has 0 N–H and O–H groups in total. The standard InChI is InChI=1S/C44H30S2/c1-46(2)42-16-6-5-12-35(42)36-22-19-29(26-43(36)46)28-17-18-30-24-39-34-21-20-31(33-13-7-10-27-9-3-4-11-32(27)33)25-41(34)45-40-15-8-14-37(44(39)40)38(30)23-28/h3-26H,1-2H3/i24D. The molecule has 2 aliphatic heterocycles. The zero-order valence-corrected chi connectivity index (χ0v) is 27.2. The lowest BCUT2D eigenvalue weighted by Gasteiger charge is -2.28. The van der Waals surface area contributed by atoms with Crippen LogP contribution in [-0.4, -0.2) is 12.5 Å². The van der Waals surface area contributed by atoms with Crippen LogP contribution in [0.3, 0.4) is 0 Å². The third kappa shape index (κ3) is 3.72. The van der Waals surface area contributed by atoms with E-state index in [9.17, 15) is 1.37 Å². The SMILES string of the molecule is [2H]c1c2c3c(cccc3c3cc(-c4ccc5c(c4)S(C)(C)c4ccccc4-5)ccc13)Sc1cc(-c3cccc4ccccc34)ccc1-2. The van der Waals surface area contributed by atoms with E-state index >= 15 is 0 Å². The highest BCUT2D eigenvalue weighted by atomic mass is 32.3. The number of hydrogen-bond donors (Lipinski definition) is 0. The maximum Gasteiger partial charge on any atom is 0.0636 e. The summed E-state index contributed by atoms with van der Waals surface area (Å²) in [5, 5.41) is 7.09. The molecule has 0 saturated heterocycles. The van der Waals surface area contributed by atoms with Crippen LogP contribution in [0.4, 0.5) is 0 Å². The second-order valence-corrected chi connectivity index (χ2v) is 17.4. The van der Waals surface area contributed by atoms with E-state index in [2.05, 4.69) is 152 Å². The topological polar surface area (TPSA) is 0 Å². The Kier molecular flexibility index (Phi) is 5.32. The Morgan fingerprint density at radius 2 is 1.15 bits per heavy atom. The van der Waals surface area contributed by atoms with Crippen molar-refractivity contribution >= 4 is 54.1 Å². The smallest absolute Gasteiger partial charge is 0.0636 e. The van der Waals surface area contributed by atoms with Gasteiger partial charge in [-0.25, -0.2) is 0 Å². The molecule has 0 fully saturated rings. The van der Waals surface area contributed by atoms with E-state index in [1.54, 1.807) is 0 Å². The molecular formula is C44H30S2. The van der Waals surface area contributed by atoms with Gasteiger partial charge in [0.05, 0.1) is 1.37 Å². The molecule has 8 aromatic carbocycles. The average molecular weight is 624 g/mol. The van der Waals surface area contributed by atoms with Crippen molar-refractivity contribution in [3.63, 3.8) is 0 Å². The van der Waals surface area contributed by atoms with Gasteiger partial charge in [0.1, 0.15) is 0 Å². The lowest BCUT2D eigenvalue weighted by molar-refractivity contribution is 1.40. The normalized spacial score (nSPS) is 15.0. The van der Waals surface area contributed by atoms with E-state index in [4.69, 9.17) is 0 Å². The predicted molar refractivity (Wildman–Crippen MR) is 201 cm³/mol. The van der Waals surface area contributed by atoms with Crippen LogP contribution >= 0.6 is 21.8 Å². The minimum absolute atomic E-state index is 0.612. The molecule has 0 atom stereocenters. The Balaban J connectivity index is 1.13. The second kappa shape index (κ2) is 9.62. The molecule has 0 nitrogen and oxygen atoms in total. The Bertz CT molecular complexity index is 2640. The third-order valence-corrected chi connectivity index (χ3v) is 14.0. The molecule has 218 valence electrons. The number of rotatable bonds is 2. The first-order valence-corrected chi connectivity index (χ1v) is 19.0. The molecule has 0 bridgehead atoms. The van der Waals surface area contributed by atoms with Crippen LogP contribution in [0.1, 0.15) is 1.37 Å². The van der Waals surface area contributed by atoms with Crippen LogP contribution in [0, 0.1) is 0 Å². The fraction of sp³-hybridized carbons (Fsp3) is 0.0455. The van der Waals surface area contributed by atoms with Gasteiger partial charge in [-0.15, -0.1) is 0 Å². The van der Waals surface area contributed by atoms with Crippen molar-refractivity contribution in [3.8, 4) is 44.5 Å². The molecule has 2 heterocycles. The van der Waals surface area contributed by atoms with Gasteiger partial charge < -0.3 is 0 Å². The van der Waals surface area contributed by atoms with Crippen molar-refractivity contribution in [2.75, 3.05) is 12.5 Å². The summed E-state index contributed by atoms with van der Waals surface area (Å²) in [7, 11) is -1.08. The number of fused-ring (bicyclic) bond motifs is 8. The Labute approximate surface area is 276 Å². The highest BCUT2D eigenvalue weighted by Gasteiger charge is 2.31. The molecule has 46 heavy (non-hydrogen) atoms. The van der Waals surface area contributed by atoms with E-state index in [0.29, 0.717) is 6.04 Å². The fourth-order valence-corrected chi connectivity index (χ4v) is 11.4. The molecule has 8 aromatic rings. The minimum atomic E-state index is -1.08. The van der Waals surface area contributed by atoms with Crippen LogP contribution in [0.25, 0.3) is 76.8 Å². The second-order valence-electron chi connectivity index (χ2n) is 12.8. The summed E-state index contributed by atoms with van der Waals surface area (Å²) in [4.78, 5) is 5.38. The summed E-state index contributed by atoms with van der Waals surface area (Å²) in [6, 6.07) is 51.9. The van der Waals surface area contributed by atoms with Gasteiger partial charge in [0.25, 0.3) is 0 Å². The van der Waals surface area contributed by atoms with Crippen LogP contribution in [0.5, 0.6) is 0 Å². The van der Waals surface area contributed by atoms with Gasteiger partial charge in [-0.05, 0) is 120 Å². The molecule has 0 unspecified atom stereocenters. The van der Waals surface area contributed by atoms with Crippen molar-refractivity contribution in [2.45, 2.75) is 19.6 Å². The molecule has 10 rings (SSSR count). The van der Waals surface area contributed by atoms with E-state index in [-0.39, 0.29) is 0 Å². The number of hydrogen-bond acceptors (Lipinski definition) is 1. The van der Waals surface area contributed by atoms with Crippen molar-refractivity contribution in [3.05, 3.63) is 146 Å². The molecule has 2 aliphatic rings. The van der Waals surface area contributed by atoms with Gasteiger partial charge in [0.15, 0.2) is 0 Å². The predicted octanol–water partition coefficient (Wildman–Crippen LogP) is 13.1. The van der Waals surface area contributed by atoms with Gasteiger partial charge in [-0.1, -0.05) is 121 Å². The monoisotopic (exact) mass is 623 g/mol. The van der Waals surface area contributed by atoms with E-state index in [0.717, 1.165) is 21.9 Å². The minimum Gasteiger partial charge on any atom is -0.192 e. The zero-order chi connectivity index (χ0) is 31.4. The lowest BCUT2D eigenvalue weighted by Crippen LogP contribution is -1.95. The molecule has 0 spiro atoms. The molecule has 0 aliphatic carbocycles. The highest BCUT2D eigenvalue weighted by molar-refractivity contribution is 8.33. The number of benzene rings is 8. The molecule has 0 aromatic heterocycles. The largest absolute Gasteiger partial charge is 0.192 e. The maximum atomic E-state index is 9.60. The van der Waals surface area contributed by atoms with Crippen molar-refractivity contribution in [1.29, 1.82) is 0 Å². The van der Waals surface area contributed by atoms with Crippen LogP contribution < -0.4 is 0 Å². The van der Waals surface area contributed by atoms with Crippen LogP contribution in [0.15, 0.2) is 165 Å². The first-order valence-electron chi connectivity index (χ1n) is 16.2. The Hall–Kier alpha value is -4.76. The van der Waals surface area contributed by atoms with Gasteiger partial charge in [0, 0.05) is 25.0 Å². The molecule has 0 radical (unpaired) electrons. The van der Waals surface area contributed by atoms with Crippen molar-refractivity contribution in [2.24, 2.45) is 0 Å². The summed E-state index contributed by atoms with van der Waals surface area (Å²) in [5.41, 5.74) is 9.86. The van der Waals surface area contributed by atoms with Gasteiger partial charge in [-0.2, -0.15) is 10.0 Å². The summed E-state index contributed by atoms with van der Waals surface area (Å²) < 4.78 is 9.60. The first kappa shape index (κ1) is 25.4. The van der Waals surface area contributed by atoms with Crippen molar-refractivity contribution in [1.82, 2.24) is 0 Å². The fourth-order valence-electron chi connectivity index (χ4n) is 7.73. The summed E-state index contributed by atoms with van der Waals surface area (Å²) in [6.07, 6.45) is 4.84. The molecule has 0 saturated carbocycles. The Morgan fingerprint density at radius 1 is 0.457 bits per heavy atom. The highest BCUT2D eigenvalue weighted by Crippen LogP contribution is 2.67. The van der Waals surface area contributed by atoms with Crippen molar-refractivity contribution < 1.29 is 1.37 Å². The summed E-state index contributed by atoms with van der Waals surface area (Å²) in [6.45, 7) is 0. The third-order valence-electron chi connectivity index (χ3n) is 10.0. The summed E-state index contributed by atoms with van der Waals surface area (Å²) >= 11 is 1.83. The van der Waals surface area contributed by atoms with Gasteiger partial charge >= 0.3 is 0 Å². The quantitative estimate of drug-likeness (QED) is 0.173. The van der Waals surface area contributed by atoms with Crippen LogP contribution in [0.2, 0.25) is 0 Å². The zero-order valence-electron chi connectivity index (χ0n) is 26.6. The van der Waals surface area contributed by atoms with E-state index in [1.807, 2.05) is 11.8 Å². The Morgan fingerprint density at radius 3 is 2.11 bits per heavy atom. The molecule has 2 heteroatoms. The molecule has 0 amide bonds. The average Bonchev–Trinajstić information content (AvgIpc) is 3.34. The van der Waals surface area contributed by atoms with Gasteiger partial charge in [-0.3, -0.25) is 0 Å².